The minimum absolute atomic E-state index is 0.0169. The van der Waals surface area contributed by atoms with E-state index in [1.165, 1.54) is 12.1 Å². The highest BCUT2D eigenvalue weighted by Gasteiger charge is 2.39. The number of aliphatic hydroxyl groups excluding tert-OH is 1. The zero-order chi connectivity index (χ0) is 29.7. The van der Waals surface area contributed by atoms with Crippen LogP contribution in [0.3, 0.4) is 0 Å². The smallest absolute Gasteiger partial charge is 0.257 e. The van der Waals surface area contributed by atoms with Crippen LogP contribution in [0.4, 0.5) is 8.78 Å². The summed E-state index contributed by atoms with van der Waals surface area (Å²) in [6, 6.07) is 10.3. The van der Waals surface area contributed by atoms with E-state index in [1.54, 1.807) is 24.3 Å². The number of carbonyl (C=O) groups is 2. The largest absolute Gasteiger partial charge is 0.492 e. The van der Waals surface area contributed by atoms with Crippen LogP contribution in [0.1, 0.15) is 61.9 Å². The van der Waals surface area contributed by atoms with Crippen molar-refractivity contribution in [1.29, 1.82) is 5.26 Å². The molecule has 0 saturated carbocycles. The fraction of sp³-hybridized carbons (Fsp3) is 0.516. The number of β-amino-alcohol motifs (C(OH)–C–C–N with tert-alkyl or cyclic N) is 1. The number of rotatable bonds is 10. The van der Waals surface area contributed by atoms with Crippen molar-refractivity contribution >= 4 is 11.8 Å². The fourth-order valence-corrected chi connectivity index (χ4v) is 5.65. The summed E-state index contributed by atoms with van der Waals surface area (Å²) in [5.41, 5.74) is 5.33. The first-order chi connectivity index (χ1) is 19.6. The highest BCUT2D eigenvalue weighted by Crippen LogP contribution is 2.30. The lowest BCUT2D eigenvalue weighted by molar-refractivity contribution is -0.121. The molecule has 0 bridgehead atoms. The molecule has 2 amide bonds. The molecule has 0 aromatic heterocycles. The van der Waals surface area contributed by atoms with Gasteiger partial charge in [-0.1, -0.05) is 26.0 Å². The molecule has 8 nitrogen and oxygen atoms in total. The molecule has 41 heavy (non-hydrogen) atoms. The summed E-state index contributed by atoms with van der Waals surface area (Å²) in [5.74, 6) is -1.52. The monoisotopic (exact) mass is 568 g/mol. The molecule has 2 heterocycles. The number of amides is 2. The molecule has 2 saturated heterocycles. The third kappa shape index (κ3) is 7.03. The van der Waals surface area contributed by atoms with Crippen molar-refractivity contribution < 1.29 is 28.2 Å². The molecule has 2 atom stereocenters. The van der Waals surface area contributed by atoms with E-state index in [1.807, 2.05) is 13.8 Å². The van der Waals surface area contributed by atoms with Gasteiger partial charge in [0.15, 0.2) is 0 Å². The Bertz CT molecular complexity index is 1300. The zero-order valence-electron chi connectivity index (χ0n) is 23.6. The van der Waals surface area contributed by atoms with Crippen LogP contribution in [0.25, 0.3) is 11.1 Å². The Morgan fingerprint density at radius 2 is 1.80 bits per heavy atom. The van der Waals surface area contributed by atoms with Crippen molar-refractivity contribution in [2.45, 2.75) is 63.8 Å². The van der Waals surface area contributed by atoms with Gasteiger partial charge >= 0.3 is 0 Å². The molecule has 0 aliphatic carbocycles. The standard InChI is InChI=1S/C31H38F2N4O4/c1-3-31(33,4-2)19-36-11-9-20(10-12-36)18-41-28-8-6-21(13-23(28)16-34)22-5-7-25(26(32)14-22)30(40)37-17-24(38)15-27(37)29(35)39/h5-8,13-14,20,24,27,38H,3-4,9-12,15,17-19H2,1-2H3,(H2,35,39)/t24-,27+/m1/s1. The number of nitriles is 1. The summed E-state index contributed by atoms with van der Waals surface area (Å²) >= 11 is 0. The SMILES string of the molecule is CCC(F)(CC)CN1CCC(COc2ccc(-c3ccc(C(=O)N4C[C@H](O)C[C@H]4C(N)=O)c(F)c3)cc2C#N)CC1. The summed E-state index contributed by atoms with van der Waals surface area (Å²) in [7, 11) is 0. The molecular formula is C31H38F2N4O4. The highest BCUT2D eigenvalue weighted by atomic mass is 19.1. The molecule has 2 aromatic carbocycles. The number of primary amides is 1. The number of nitrogens with zero attached hydrogens (tertiary/aromatic N) is 3. The highest BCUT2D eigenvalue weighted by molar-refractivity contribution is 5.98. The minimum Gasteiger partial charge on any atom is -0.492 e. The summed E-state index contributed by atoms with van der Waals surface area (Å²) < 4.78 is 35.9. The van der Waals surface area contributed by atoms with Crippen molar-refractivity contribution in [3.8, 4) is 22.9 Å². The second-order valence-corrected chi connectivity index (χ2v) is 11.2. The van der Waals surface area contributed by atoms with Crippen molar-refractivity contribution in [1.82, 2.24) is 9.80 Å². The van der Waals surface area contributed by atoms with E-state index < -0.39 is 35.4 Å². The summed E-state index contributed by atoms with van der Waals surface area (Å²) in [6.45, 7) is 6.21. The molecule has 2 fully saturated rings. The topological polar surface area (TPSA) is 120 Å². The van der Waals surface area contributed by atoms with E-state index in [0.29, 0.717) is 54.4 Å². The molecule has 4 rings (SSSR count). The fourth-order valence-electron chi connectivity index (χ4n) is 5.65. The van der Waals surface area contributed by atoms with Crippen LogP contribution in [0.2, 0.25) is 0 Å². The Morgan fingerprint density at radius 3 is 2.41 bits per heavy atom. The molecule has 10 heteroatoms. The molecule has 0 spiro atoms. The molecule has 220 valence electrons. The van der Waals surface area contributed by atoms with Gasteiger partial charge in [-0.3, -0.25) is 9.59 Å². The van der Waals surface area contributed by atoms with E-state index >= 15 is 4.39 Å². The van der Waals surface area contributed by atoms with Gasteiger partial charge in [-0.05, 0) is 80.1 Å². The Balaban J connectivity index is 1.39. The Hall–Kier alpha value is -3.55. The summed E-state index contributed by atoms with van der Waals surface area (Å²) in [6.07, 6.45) is 1.92. The number of nitrogens with two attached hydrogens (primary N) is 1. The van der Waals surface area contributed by atoms with E-state index in [9.17, 15) is 24.3 Å². The summed E-state index contributed by atoms with van der Waals surface area (Å²) in [4.78, 5) is 27.9. The number of benzene rings is 2. The third-order valence-corrected chi connectivity index (χ3v) is 8.46. The average Bonchev–Trinajstić information content (AvgIpc) is 3.38. The van der Waals surface area contributed by atoms with Gasteiger partial charge in [-0.25, -0.2) is 8.78 Å². The van der Waals surface area contributed by atoms with Gasteiger partial charge in [0.1, 0.15) is 29.3 Å². The first-order valence-corrected chi connectivity index (χ1v) is 14.2. The maximum Gasteiger partial charge on any atom is 0.257 e. The number of likely N-dealkylation sites (tertiary alicyclic amines) is 2. The minimum atomic E-state index is -1.14. The predicted molar refractivity (Wildman–Crippen MR) is 150 cm³/mol. The van der Waals surface area contributed by atoms with Gasteiger partial charge in [0, 0.05) is 19.5 Å². The maximum absolute atomic E-state index is 15.1. The number of carbonyl (C=O) groups excluding carboxylic acids is 2. The molecule has 0 unspecified atom stereocenters. The number of aliphatic hydroxyl groups is 1. The number of piperidine rings is 1. The Labute approximate surface area is 239 Å². The Kier molecular flexibility index (Phi) is 9.61. The van der Waals surface area contributed by atoms with Crippen LogP contribution in [-0.4, -0.2) is 77.3 Å². The van der Waals surface area contributed by atoms with Gasteiger partial charge in [-0.15, -0.1) is 0 Å². The molecule has 2 aliphatic heterocycles. The maximum atomic E-state index is 15.1. The van der Waals surface area contributed by atoms with E-state index in [0.717, 1.165) is 30.8 Å². The lowest BCUT2D eigenvalue weighted by atomic mass is 9.94. The van der Waals surface area contributed by atoms with Crippen LogP contribution < -0.4 is 10.5 Å². The molecule has 3 N–H and O–H groups in total. The van der Waals surface area contributed by atoms with Crippen molar-refractivity contribution in [3.63, 3.8) is 0 Å². The number of halogens is 2. The van der Waals surface area contributed by atoms with Gasteiger partial charge in [0.25, 0.3) is 5.91 Å². The van der Waals surface area contributed by atoms with E-state index in [2.05, 4.69) is 11.0 Å². The number of alkyl halides is 1. The number of ether oxygens (including phenoxy) is 1. The van der Waals surface area contributed by atoms with Crippen LogP contribution in [0, 0.1) is 23.1 Å². The van der Waals surface area contributed by atoms with Crippen molar-refractivity contribution in [3.05, 3.63) is 53.3 Å². The molecule has 2 aromatic rings. The second kappa shape index (κ2) is 13.0. The van der Waals surface area contributed by atoms with Crippen molar-refractivity contribution in [2.75, 3.05) is 32.8 Å². The third-order valence-electron chi connectivity index (χ3n) is 8.46. The van der Waals surface area contributed by atoms with Gasteiger partial charge in [-0.2, -0.15) is 5.26 Å². The van der Waals surface area contributed by atoms with Crippen LogP contribution in [0.5, 0.6) is 5.75 Å². The molecular weight excluding hydrogens is 530 g/mol. The quantitative estimate of drug-likeness (QED) is 0.446. The number of hydrogen-bond acceptors (Lipinski definition) is 6. The van der Waals surface area contributed by atoms with Gasteiger partial charge in [0.05, 0.1) is 23.8 Å². The lowest BCUT2D eigenvalue weighted by Gasteiger charge is -2.36. The van der Waals surface area contributed by atoms with Crippen LogP contribution >= 0.6 is 0 Å². The normalized spacial score (nSPS) is 20.1. The van der Waals surface area contributed by atoms with Gasteiger partial charge in [0.2, 0.25) is 5.91 Å². The van der Waals surface area contributed by atoms with Crippen LogP contribution in [-0.2, 0) is 4.79 Å². The first kappa shape index (κ1) is 30.4. The lowest BCUT2D eigenvalue weighted by Crippen LogP contribution is -2.44. The van der Waals surface area contributed by atoms with Gasteiger partial charge < -0.3 is 25.4 Å². The zero-order valence-corrected chi connectivity index (χ0v) is 23.6. The van der Waals surface area contributed by atoms with E-state index in [4.69, 9.17) is 10.5 Å². The summed E-state index contributed by atoms with van der Waals surface area (Å²) in [5, 5.41) is 19.6. The molecule has 0 radical (unpaired) electrons. The predicted octanol–water partition coefficient (Wildman–Crippen LogP) is 4.04. The molecule has 2 aliphatic rings. The first-order valence-electron chi connectivity index (χ1n) is 14.2. The van der Waals surface area contributed by atoms with E-state index in [-0.39, 0.29) is 18.5 Å². The number of hydrogen-bond donors (Lipinski definition) is 2. The van der Waals surface area contributed by atoms with Crippen molar-refractivity contribution in [2.24, 2.45) is 11.7 Å². The van der Waals surface area contributed by atoms with Crippen LogP contribution in [0.15, 0.2) is 36.4 Å². The second-order valence-electron chi connectivity index (χ2n) is 11.2. The average molecular weight is 569 g/mol. The Morgan fingerprint density at radius 1 is 1.15 bits per heavy atom.